The van der Waals surface area contributed by atoms with E-state index in [4.69, 9.17) is 5.73 Å². The third kappa shape index (κ3) is 1.75. The fourth-order valence-corrected chi connectivity index (χ4v) is 2.13. The molecule has 1 saturated carbocycles. The largest absolute Gasteiger partial charge is 0.333 e. The van der Waals surface area contributed by atoms with Crippen molar-refractivity contribution in [3.63, 3.8) is 0 Å². The molecule has 2 atom stereocenters. The quantitative estimate of drug-likeness (QED) is 0.712. The molecule has 1 aromatic heterocycles. The first-order chi connectivity index (χ1) is 6.27. The van der Waals surface area contributed by atoms with Crippen molar-refractivity contribution in [2.24, 2.45) is 5.73 Å². The Balaban J connectivity index is 2.14. The third-order valence-corrected chi connectivity index (χ3v) is 2.90. The number of hydrogen-bond donors (Lipinski definition) is 1. The predicted octanol–water partition coefficient (Wildman–Crippen LogP) is 1.63. The molecule has 3 heteroatoms. The number of aryl methyl sites for hydroxylation is 1. The van der Waals surface area contributed by atoms with Crippen LogP contribution in [0.15, 0.2) is 12.5 Å². The molecule has 1 aromatic rings. The molecule has 0 radical (unpaired) electrons. The van der Waals surface area contributed by atoms with Crippen LogP contribution in [0.25, 0.3) is 0 Å². The van der Waals surface area contributed by atoms with Gasteiger partial charge in [-0.1, -0.05) is 12.8 Å². The normalized spacial score (nSPS) is 29.1. The molecular formula is C10H17N3. The van der Waals surface area contributed by atoms with Gasteiger partial charge in [0.15, 0.2) is 0 Å². The van der Waals surface area contributed by atoms with Crippen LogP contribution in [0.5, 0.6) is 0 Å². The van der Waals surface area contributed by atoms with Gasteiger partial charge in [0.25, 0.3) is 0 Å². The molecule has 13 heavy (non-hydrogen) atoms. The average Bonchev–Trinajstić information content (AvgIpc) is 2.53. The lowest BCUT2D eigenvalue weighted by molar-refractivity contribution is 0.306. The second-order valence-electron chi connectivity index (χ2n) is 3.98. The van der Waals surface area contributed by atoms with Gasteiger partial charge in [-0.25, -0.2) is 4.98 Å². The Morgan fingerprint density at radius 3 is 2.85 bits per heavy atom. The van der Waals surface area contributed by atoms with E-state index < -0.39 is 0 Å². The molecule has 0 spiro atoms. The lowest BCUT2D eigenvalue weighted by Gasteiger charge is -2.29. The molecule has 0 saturated heterocycles. The smallest absolute Gasteiger partial charge is 0.0952 e. The second kappa shape index (κ2) is 3.50. The average molecular weight is 179 g/mol. The lowest BCUT2D eigenvalue weighted by Crippen LogP contribution is -2.34. The van der Waals surface area contributed by atoms with Crippen molar-refractivity contribution in [3.8, 4) is 0 Å². The SMILES string of the molecule is Cc1cn(C2CCCCC2N)cn1. The van der Waals surface area contributed by atoms with Gasteiger partial charge in [0.1, 0.15) is 0 Å². The van der Waals surface area contributed by atoms with Crippen LogP contribution in [-0.2, 0) is 0 Å². The minimum atomic E-state index is 0.322. The minimum Gasteiger partial charge on any atom is -0.333 e. The van der Waals surface area contributed by atoms with Crippen LogP contribution in [0, 0.1) is 6.92 Å². The number of imidazole rings is 1. The maximum absolute atomic E-state index is 6.07. The molecule has 1 aliphatic carbocycles. The molecule has 72 valence electrons. The van der Waals surface area contributed by atoms with Gasteiger partial charge in [-0.3, -0.25) is 0 Å². The van der Waals surface area contributed by atoms with Gasteiger partial charge < -0.3 is 10.3 Å². The Kier molecular flexibility index (Phi) is 2.36. The van der Waals surface area contributed by atoms with Crippen LogP contribution in [0.3, 0.4) is 0 Å². The fraction of sp³-hybridized carbons (Fsp3) is 0.700. The molecule has 2 unspecified atom stereocenters. The number of nitrogens with zero attached hydrogens (tertiary/aromatic N) is 2. The van der Waals surface area contributed by atoms with Gasteiger partial charge in [0.2, 0.25) is 0 Å². The van der Waals surface area contributed by atoms with Crippen LogP contribution in [0.1, 0.15) is 37.4 Å². The molecule has 1 heterocycles. The molecule has 0 aliphatic heterocycles. The number of aromatic nitrogens is 2. The van der Waals surface area contributed by atoms with Crippen LogP contribution in [-0.4, -0.2) is 15.6 Å². The highest BCUT2D eigenvalue weighted by atomic mass is 15.1. The van der Waals surface area contributed by atoms with E-state index >= 15 is 0 Å². The van der Waals surface area contributed by atoms with Gasteiger partial charge in [0.05, 0.1) is 12.0 Å². The van der Waals surface area contributed by atoms with Crippen molar-refractivity contribution in [1.82, 2.24) is 9.55 Å². The molecule has 0 bridgehead atoms. The summed E-state index contributed by atoms with van der Waals surface area (Å²) in [5.41, 5.74) is 7.15. The first-order valence-electron chi connectivity index (χ1n) is 5.03. The highest BCUT2D eigenvalue weighted by molar-refractivity contribution is 4.97. The highest BCUT2D eigenvalue weighted by Gasteiger charge is 2.22. The van der Waals surface area contributed by atoms with Crippen LogP contribution in [0.4, 0.5) is 0 Å². The standard InChI is InChI=1S/C10H17N3/c1-8-6-13(7-12-8)10-5-3-2-4-9(10)11/h6-7,9-10H,2-5,11H2,1H3. The Bertz CT molecular complexity index is 279. The van der Waals surface area contributed by atoms with Crippen molar-refractivity contribution < 1.29 is 0 Å². The van der Waals surface area contributed by atoms with E-state index in [1.807, 2.05) is 13.3 Å². The minimum absolute atomic E-state index is 0.322. The zero-order valence-electron chi connectivity index (χ0n) is 8.11. The first kappa shape index (κ1) is 8.75. The summed E-state index contributed by atoms with van der Waals surface area (Å²) in [5.74, 6) is 0. The summed E-state index contributed by atoms with van der Waals surface area (Å²) >= 11 is 0. The summed E-state index contributed by atoms with van der Waals surface area (Å²) in [4.78, 5) is 4.23. The van der Waals surface area contributed by atoms with Crippen molar-refractivity contribution in [2.75, 3.05) is 0 Å². The summed E-state index contributed by atoms with van der Waals surface area (Å²) in [6, 6.07) is 0.803. The number of rotatable bonds is 1. The van der Waals surface area contributed by atoms with E-state index in [0.29, 0.717) is 12.1 Å². The number of hydrogen-bond acceptors (Lipinski definition) is 2. The van der Waals surface area contributed by atoms with Crippen molar-refractivity contribution >= 4 is 0 Å². The molecule has 1 fully saturated rings. The van der Waals surface area contributed by atoms with E-state index in [1.54, 1.807) is 0 Å². The zero-order chi connectivity index (χ0) is 9.26. The summed E-state index contributed by atoms with van der Waals surface area (Å²) in [5, 5.41) is 0. The van der Waals surface area contributed by atoms with Gasteiger partial charge in [0, 0.05) is 18.3 Å². The fourth-order valence-electron chi connectivity index (χ4n) is 2.13. The van der Waals surface area contributed by atoms with Gasteiger partial charge >= 0.3 is 0 Å². The Morgan fingerprint density at radius 2 is 2.23 bits per heavy atom. The van der Waals surface area contributed by atoms with E-state index in [9.17, 15) is 0 Å². The molecule has 0 aromatic carbocycles. The molecule has 3 nitrogen and oxygen atoms in total. The number of nitrogens with two attached hydrogens (primary N) is 1. The molecular weight excluding hydrogens is 162 g/mol. The summed E-state index contributed by atoms with van der Waals surface area (Å²) in [6.07, 6.45) is 8.95. The van der Waals surface area contributed by atoms with Gasteiger partial charge in [-0.15, -0.1) is 0 Å². The highest BCUT2D eigenvalue weighted by Crippen LogP contribution is 2.27. The maximum Gasteiger partial charge on any atom is 0.0952 e. The molecule has 1 aliphatic rings. The van der Waals surface area contributed by atoms with E-state index in [2.05, 4.69) is 15.7 Å². The Morgan fingerprint density at radius 1 is 1.46 bits per heavy atom. The second-order valence-corrected chi connectivity index (χ2v) is 3.98. The van der Waals surface area contributed by atoms with Crippen LogP contribution >= 0.6 is 0 Å². The summed E-state index contributed by atoms with van der Waals surface area (Å²) in [7, 11) is 0. The van der Waals surface area contributed by atoms with Gasteiger partial charge in [-0.05, 0) is 19.8 Å². The topological polar surface area (TPSA) is 43.8 Å². The van der Waals surface area contributed by atoms with E-state index in [-0.39, 0.29) is 0 Å². The van der Waals surface area contributed by atoms with E-state index in [1.165, 1.54) is 19.3 Å². The summed E-state index contributed by atoms with van der Waals surface area (Å²) < 4.78 is 2.18. The Hall–Kier alpha value is -0.830. The first-order valence-corrected chi connectivity index (χ1v) is 5.03. The monoisotopic (exact) mass is 179 g/mol. The van der Waals surface area contributed by atoms with Crippen molar-refractivity contribution in [2.45, 2.75) is 44.7 Å². The Labute approximate surface area is 79.0 Å². The van der Waals surface area contributed by atoms with Crippen LogP contribution in [0.2, 0.25) is 0 Å². The lowest BCUT2D eigenvalue weighted by atomic mass is 9.91. The molecule has 2 rings (SSSR count). The molecule has 0 amide bonds. The van der Waals surface area contributed by atoms with Crippen LogP contribution < -0.4 is 5.73 Å². The zero-order valence-corrected chi connectivity index (χ0v) is 8.11. The van der Waals surface area contributed by atoms with Crippen molar-refractivity contribution in [1.29, 1.82) is 0 Å². The molecule has 2 N–H and O–H groups in total. The van der Waals surface area contributed by atoms with E-state index in [0.717, 1.165) is 12.1 Å². The predicted molar refractivity (Wildman–Crippen MR) is 52.4 cm³/mol. The van der Waals surface area contributed by atoms with Crippen molar-refractivity contribution in [3.05, 3.63) is 18.2 Å². The maximum atomic E-state index is 6.07. The third-order valence-electron chi connectivity index (χ3n) is 2.90. The summed E-state index contributed by atoms with van der Waals surface area (Å²) in [6.45, 7) is 2.02. The van der Waals surface area contributed by atoms with Gasteiger partial charge in [-0.2, -0.15) is 0 Å².